The van der Waals surface area contributed by atoms with E-state index in [2.05, 4.69) is 19.9 Å². The van der Waals surface area contributed by atoms with E-state index in [-0.39, 0.29) is 17.6 Å². The molecule has 1 aliphatic heterocycles. The van der Waals surface area contributed by atoms with Crippen LogP contribution in [-0.2, 0) is 25.7 Å². The number of imidazole rings is 1. The van der Waals surface area contributed by atoms with Gasteiger partial charge in [0.25, 0.3) is 5.91 Å². The molecule has 4 heterocycles. The predicted molar refractivity (Wildman–Crippen MR) is 126 cm³/mol. The van der Waals surface area contributed by atoms with Crippen molar-refractivity contribution in [2.24, 2.45) is 0 Å². The van der Waals surface area contributed by atoms with Crippen LogP contribution in [0.3, 0.4) is 0 Å². The zero-order valence-corrected chi connectivity index (χ0v) is 18.5. The largest absolute Gasteiger partial charge is 0.417 e. The average Bonchev–Trinajstić information content (AvgIpc) is 3.52. The molecule has 1 aliphatic rings. The van der Waals surface area contributed by atoms with Crippen LogP contribution in [0.1, 0.15) is 33.9 Å². The van der Waals surface area contributed by atoms with Gasteiger partial charge < -0.3 is 14.5 Å². The van der Waals surface area contributed by atoms with Gasteiger partial charge in [0, 0.05) is 36.8 Å². The Hall–Kier alpha value is -4.14. The van der Waals surface area contributed by atoms with Crippen LogP contribution in [0.25, 0.3) is 22.1 Å². The van der Waals surface area contributed by atoms with Gasteiger partial charge in [-0.3, -0.25) is 4.79 Å². The molecule has 6 rings (SSSR count). The summed E-state index contributed by atoms with van der Waals surface area (Å²) in [5, 5.41) is 3.14. The van der Waals surface area contributed by atoms with Gasteiger partial charge in [-0.2, -0.15) is 13.2 Å². The summed E-state index contributed by atoms with van der Waals surface area (Å²) in [5.74, 6) is 0.608. The number of aryl methyl sites for hydroxylation is 2. The molecule has 176 valence electrons. The van der Waals surface area contributed by atoms with E-state index in [9.17, 15) is 18.0 Å². The molecule has 0 spiro atoms. The van der Waals surface area contributed by atoms with Crippen LogP contribution >= 0.6 is 0 Å². The van der Waals surface area contributed by atoms with Crippen molar-refractivity contribution in [3.05, 3.63) is 89.5 Å². The van der Waals surface area contributed by atoms with E-state index in [0.717, 1.165) is 54.1 Å². The minimum absolute atomic E-state index is 0.225. The molecular weight excluding hydrogens is 455 g/mol. The molecular formula is C26H20F3N5O. The fourth-order valence-electron chi connectivity index (χ4n) is 4.70. The van der Waals surface area contributed by atoms with Crippen LogP contribution < -0.4 is 5.32 Å². The van der Waals surface area contributed by atoms with Crippen LogP contribution in [0.2, 0.25) is 0 Å². The number of nitrogens with one attached hydrogen (secondary N) is 1. The molecule has 2 aromatic carbocycles. The first-order chi connectivity index (χ1) is 16.9. The van der Waals surface area contributed by atoms with E-state index < -0.39 is 17.6 Å². The third-order valence-electron chi connectivity index (χ3n) is 6.34. The number of hydrogen-bond acceptors (Lipinski definition) is 3. The normalized spacial score (nSPS) is 13.5. The number of fused-ring (bicyclic) bond motifs is 4. The standard InChI is InChI=1S/C26H20F3N5O/c27-26(28,29)18-11-17-12-22(34(24(17)30-14-18)15-16-5-2-1-3-6-16)25(35)31-19-8-9-21-20(13-19)32-23-7-4-10-33(21)23/h1-3,5-6,8-9,11-14H,4,7,10,15H2,(H,31,35). The SMILES string of the molecule is O=C(Nc1ccc2c(c1)nc1n2CCC1)c1cc2cc(C(F)(F)F)cnc2n1Cc1ccccc1. The maximum atomic E-state index is 13.3. The number of hydrogen-bond donors (Lipinski definition) is 1. The summed E-state index contributed by atoms with van der Waals surface area (Å²) in [6.45, 7) is 1.22. The molecule has 1 amide bonds. The Balaban J connectivity index is 1.39. The van der Waals surface area contributed by atoms with Crippen molar-refractivity contribution < 1.29 is 18.0 Å². The molecule has 0 saturated heterocycles. The van der Waals surface area contributed by atoms with E-state index in [1.165, 1.54) is 6.07 Å². The van der Waals surface area contributed by atoms with Gasteiger partial charge in [0.15, 0.2) is 0 Å². The molecule has 0 fully saturated rings. The fourth-order valence-corrected chi connectivity index (χ4v) is 4.70. The van der Waals surface area contributed by atoms with Gasteiger partial charge in [0.2, 0.25) is 0 Å². The van der Waals surface area contributed by atoms with E-state index in [4.69, 9.17) is 0 Å². The molecule has 9 heteroatoms. The lowest BCUT2D eigenvalue weighted by Gasteiger charge is -2.12. The highest BCUT2D eigenvalue weighted by Crippen LogP contribution is 2.32. The Labute approximate surface area is 198 Å². The molecule has 1 N–H and O–H groups in total. The first-order valence-corrected chi connectivity index (χ1v) is 11.3. The van der Waals surface area contributed by atoms with Crippen molar-refractivity contribution in [2.45, 2.75) is 32.1 Å². The molecule has 5 aromatic rings. The lowest BCUT2D eigenvalue weighted by molar-refractivity contribution is -0.137. The summed E-state index contributed by atoms with van der Waals surface area (Å²) >= 11 is 0. The molecule has 35 heavy (non-hydrogen) atoms. The highest BCUT2D eigenvalue weighted by molar-refractivity contribution is 6.06. The number of nitrogens with zero attached hydrogens (tertiary/aromatic N) is 4. The molecule has 6 nitrogen and oxygen atoms in total. The molecule has 0 aliphatic carbocycles. The maximum Gasteiger partial charge on any atom is 0.417 e. The summed E-state index contributed by atoms with van der Waals surface area (Å²) < 4.78 is 43.6. The van der Waals surface area contributed by atoms with Crippen LogP contribution in [0.15, 0.2) is 66.9 Å². The second-order valence-corrected chi connectivity index (χ2v) is 8.68. The Morgan fingerprint density at radius 3 is 2.69 bits per heavy atom. The van der Waals surface area contributed by atoms with Gasteiger partial charge in [-0.25, -0.2) is 9.97 Å². The second kappa shape index (κ2) is 7.97. The number of aromatic nitrogens is 4. The number of amides is 1. The summed E-state index contributed by atoms with van der Waals surface area (Å²) in [7, 11) is 0. The van der Waals surface area contributed by atoms with Crippen molar-refractivity contribution in [1.82, 2.24) is 19.1 Å². The number of carbonyl (C=O) groups is 1. The van der Waals surface area contributed by atoms with E-state index in [0.29, 0.717) is 11.3 Å². The topological polar surface area (TPSA) is 64.7 Å². The first-order valence-electron chi connectivity index (χ1n) is 11.3. The summed E-state index contributed by atoms with van der Waals surface area (Å²) in [6.07, 6.45) is -1.71. The fraction of sp³-hybridized carbons (Fsp3) is 0.192. The Kier molecular flexibility index (Phi) is 4.87. The zero-order valence-electron chi connectivity index (χ0n) is 18.5. The average molecular weight is 475 g/mol. The molecule has 0 radical (unpaired) electrons. The summed E-state index contributed by atoms with van der Waals surface area (Å²) in [6, 6.07) is 17.5. The lowest BCUT2D eigenvalue weighted by atomic mass is 10.2. The van der Waals surface area contributed by atoms with Crippen LogP contribution in [-0.4, -0.2) is 25.0 Å². The number of alkyl halides is 3. The summed E-state index contributed by atoms with van der Waals surface area (Å²) in [5.41, 5.74) is 2.98. The van der Waals surface area contributed by atoms with Crippen LogP contribution in [0.5, 0.6) is 0 Å². The third-order valence-corrected chi connectivity index (χ3v) is 6.34. The van der Waals surface area contributed by atoms with Crippen molar-refractivity contribution in [3.63, 3.8) is 0 Å². The zero-order chi connectivity index (χ0) is 24.2. The van der Waals surface area contributed by atoms with Gasteiger partial charge >= 0.3 is 6.18 Å². The van der Waals surface area contributed by atoms with Crippen LogP contribution in [0.4, 0.5) is 18.9 Å². The maximum absolute atomic E-state index is 13.3. The highest BCUT2D eigenvalue weighted by Gasteiger charge is 2.32. The van der Waals surface area contributed by atoms with Crippen LogP contribution in [0, 0.1) is 0 Å². The van der Waals surface area contributed by atoms with Gasteiger partial charge in [-0.1, -0.05) is 30.3 Å². The Morgan fingerprint density at radius 1 is 1.06 bits per heavy atom. The third kappa shape index (κ3) is 3.82. The van der Waals surface area contributed by atoms with Gasteiger partial charge in [-0.15, -0.1) is 0 Å². The minimum Gasteiger partial charge on any atom is -0.328 e. The smallest absolute Gasteiger partial charge is 0.328 e. The quantitative estimate of drug-likeness (QED) is 0.365. The molecule has 0 atom stereocenters. The number of carbonyl (C=O) groups excluding carboxylic acids is 1. The molecule has 0 unspecified atom stereocenters. The Bertz CT molecular complexity index is 1580. The number of pyridine rings is 1. The second-order valence-electron chi connectivity index (χ2n) is 8.68. The monoisotopic (exact) mass is 475 g/mol. The minimum atomic E-state index is -4.52. The highest BCUT2D eigenvalue weighted by atomic mass is 19.4. The summed E-state index contributed by atoms with van der Waals surface area (Å²) in [4.78, 5) is 22.1. The Morgan fingerprint density at radius 2 is 1.89 bits per heavy atom. The lowest BCUT2D eigenvalue weighted by Crippen LogP contribution is -2.17. The predicted octanol–water partition coefficient (Wildman–Crippen LogP) is 5.65. The molecule has 3 aromatic heterocycles. The van der Waals surface area contributed by atoms with Crippen molar-refractivity contribution in [1.29, 1.82) is 0 Å². The number of rotatable bonds is 4. The van der Waals surface area contributed by atoms with E-state index in [1.807, 2.05) is 48.5 Å². The van der Waals surface area contributed by atoms with Crippen molar-refractivity contribution in [2.75, 3.05) is 5.32 Å². The van der Waals surface area contributed by atoms with Crippen molar-refractivity contribution >= 4 is 33.7 Å². The van der Waals surface area contributed by atoms with Crippen molar-refractivity contribution in [3.8, 4) is 0 Å². The number of anilines is 1. The van der Waals surface area contributed by atoms with E-state index >= 15 is 0 Å². The van der Waals surface area contributed by atoms with Gasteiger partial charge in [0.05, 0.1) is 16.6 Å². The van der Waals surface area contributed by atoms with Gasteiger partial charge in [0.1, 0.15) is 17.2 Å². The molecule has 0 saturated carbocycles. The first kappa shape index (κ1) is 21.4. The van der Waals surface area contributed by atoms with E-state index in [1.54, 1.807) is 4.57 Å². The molecule has 0 bridgehead atoms. The number of benzene rings is 2. The van der Waals surface area contributed by atoms with Gasteiger partial charge in [-0.05, 0) is 42.3 Å². The number of halogens is 3.